The van der Waals surface area contributed by atoms with Crippen LogP contribution in [0.1, 0.15) is 48.2 Å². The maximum Gasteiger partial charge on any atom is 0.229 e. The molecule has 0 spiro atoms. The van der Waals surface area contributed by atoms with Crippen LogP contribution in [0, 0.1) is 6.92 Å². The number of hydrogen-bond donors (Lipinski definition) is 2. The Bertz CT molecular complexity index is 966. The van der Waals surface area contributed by atoms with Gasteiger partial charge in [0, 0.05) is 23.1 Å². The van der Waals surface area contributed by atoms with Crippen molar-refractivity contribution in [3.63, 3.8) is 0 Å². The number of benzene rings is 2. The lowest BCUT2D eigenvalue weighted by Gasteiger charge is -2.16. The monoisotopic (exact) mass is 360 g/mol. The number of Topliss-reactive ketones (excluding diaryl/α,β-unsaturated/α-hetero) is 1. The molecule has 0 unspecified atom stereocenters. The maximum absolute atomic E-state index is 11.6. The van der Waals surface area contributed by atoms with Gasteiger partial charge in [0.25, 0.3) is 0 Å². The van der Waals surface area contributed by atoms with Crippen molar-refractivity contribution in [1.29, 1.82) is 0 Å². The van der Waals surface area contributed by atoms with Gasteiger partial charge >= 0.3 is 0 Å². The van der Waals surface area contributed by atoms with Gasteiger partial charge in [-0.3, -0.25) is 4.79 Å². The van der Waals surface area contributed by atoms with Crippen molar-refractivity contribution >= 4 is 28.9 Å². The van der Waals surface area contributed by atoms with E-state index in [-0.39, 0.29) is 5.78 Å². The third-order valence-corrected chi connectivity index (χ3v) is 4.36. The molecule has 0 radical (unpaired) electrons. The van der Waals surface area contributed by atoms with Gasteiger partial charge in [-0.25, -0.2) is 4.98 Å². The van der Waals surface area contributed by atoms with Crippen LogP contribution in [0.15, 0.2) is 54.7 Å². The smallest absolute Gasteiger partial charge is 0.229 e. The lowest BCUT2D eigenvalue weighted by atomic mass is 9.98. The normalized spacial score (nSPS) is 10.7. The first-order chi connectivity index (χ1) is 12.9. The van der Waals surface area contributed by atoms with E-state index in [0.29, 0.717) is 23.2 Å². The minimum absolute atomic E-state index is 0.0319. The van der Waals surface area contributed by atoms with Crippen LogP contribution in [-0.2, 0) is 0 Å². The Morgan fingerprint density at radius 2 is 1.81 bits per heavy atom. The number of rotatable bonds is 6. The molecule has 0 bridgehead atoms. The molecule has 5 nitrogen and oxygen atoms in total. The fourth-order valence-electron chi connectivity index (χ4n) is 2.91. The van der Waals surface area contributed by atoms with E-state index < -0.39 is 0 Å². The topological polar surface area (TPSA) is 66.9 Å². The average Bonchev–Trinajstić information content (AvgIpc) is 2.63. The molecule has 3 aromatic rings. The Morgan fingerprint density at radius 1 is 1.04 bits per heavy atom. The van der Waals surface area contributed by atoms with E-state index in [1.807, 2.05) is 18.2 Å². The minimum Gasteiger partial charge on any atom is -0.340 e. The predicted molar refractivity (Wildman–Crippen MR) is 110 cm³/mol. The van der Waals surface area contributed by atoms with Gasteiger partial charge in [-0.15, -0.1) is 0 Å². The molecule has 1 heterocycles. The van der Waals surface area contributed by atoms with Crippen molar-refractivity contribution in [2.75, 3.05) is 10.6 Å². The number of hydrogen-bond acceptors (Lipinski definition) is 5. The molecule has 1 aromatic heterocycles. The Morgan fingerprint density at radius 3 is 2.56 bits per heavy atom. The number of nitrogens with one attached hydrogen (secondary N) is 2. The fraction of sp³-hybridized carbons (Fsp3) is 0.227. The Labute approximate surface area is 159 Å². The van der Waals surface area contributed by atoms with Gasteiger partial charge in [-0.05, 0) is 49.1 Å². The highest BCUT2D eigenvalue weighted by Gasteiger charge is 2.11. The van der Waals surface area contributed by atoms with Crippen LogP contribution in [0.2, 0.25) is 0 Å². The predicted octanol–water partition coefficient (Wildman–Crippen LogP) is 5.60. The van der Waals surface area contributed by atoms with Crippen LogP contribution in [0.25, 0.3) is 0 Å². The Balaban J connectivity index is 1.85. The summed E-state index contributed by atoms with van der Waals surface area (Å²) in [6, 6.07) is 15.4. The van der Waals surface area contributed by atoms with Crippen LogP contribution >= 0.6 is 0 Å². The molecule has 0 amide bonds. The molecular weight excluding hydrogens is 336 g/mol. The van der Waals surface area contributed by atoms with Gasteiger partial charge in [0.1, 0.15) is 5.82 Å². The van der Waals surface area contributed by atoms with E-state index in [4.69, 9.17) is 0 Å². The van der Waals surface area contributed by atoms with E-state index in [9.17, 15) is 4.79 Å². The van der Waals surface area contributed by atoms with Crippen molar-refractivity contribution in [2.24, 2.45) is 0 Å². The van der Waals surface area contributed by atoms with Crippen LogP contribution in [-0.4, -0.2) is 15.8 Å². The second-order valence-corrected chi connectivity index (χ2v) is 6.85. The van der Waals surface area contributed by atoms with Crippen molar-refractivity contribution in [2.45, 2.75) is 33.6 Å². The van der Waals surface area contributed by atoms with Crippen LogP contribution in [0.5, 0.6) is 0 Å². The summed E-state index contributed by atoms with van der Waals surface area (Å²) in [5.74, 6) is 1.61. The van der Waals surface area contributed by atoms with Gasteiger partial charge in [0.2, 0.25) is 5.95 Å². The molecular formula is C22H24N4O. The molecule has 2 N–H and O–H groups in total. The third-order valence-electron chi connectivity index (χ3n) is 4.36. The number of aryl methyl sites for hydroxylation is 1. The molecule has 5 heteroatoms. The molecule has 0 aliphatic rings. The standard InChI is InChI=1S/C22H24N4O/c1-14(2)19-10-5-7-15(3)21(19)26-22-23-12-11-20(25-22)24-18-9-6-8-17(13-18)16(4)27/h5-14H,1-4H3,(H2,23,24,25,26). The number of para-hydroxylation sites is 1. The number of aromatic nitrogens is 2. The van der Waals surface area contributed by atoms with Crippen molar-refractivity contribution < 1.29 is 4.79 Å². The third kappa shape index (κ3) is 4.50. The summed E-state index contributed by atoms with van der Waals surface area (Å²) in [5, 5.41) is 6.60. The summed E-state index contributed by atoms with van der Waals surface area (Å²) >= 11 is 0. The molecule has 0 aliphatic carbocycles. The number of carbonyl (C=O) groups excluding carboxylic acids is 1. The second-order valence-electron chi connectivity index (χ2n) is 6.85. The number of anilines is 4. The van der Waals surface area contributed by atoms with Gasteiger partial charge in [-0.1, -0.05) is 44.2 Å². The maximum atomic E-state index is 11.6. The van der Waals surface area contributed by atoms with Gasteiger partial charge in [0.05, 0.1) is 0 Å². The molecule has 0 saturated carbocycles. The first-order valence-electron chi connectivity index (χ1n) is 9.01. The number of ketones is 1. The molecule has 0 aliphatic heterocycles. The molecule has 3 rings (SSSR count). The van der Waals surface area contributed by atoms with E-state index in [2.05, 4.69) is 59.6 Å². The molecule has 2 aromatic carbocycles. The van der Waals surface area contributed by atoms with Crippen LogP contribution in [0.4, 0.5) is 23.1 Å². The zero-order valence-electron chi connectivity index (χ0n) is 16.1. The van der Waals surface area contributed by atoms with Crippen LogP contribution < -0.4 is 10.6 Å². The number of carbonyl (C=O) groups is 1. The molecule has 27 heavy (non-hydrogen) atoms. The fourth-order valence-corrected chi connectivity index (χ4v) is 2.91. The zero-order chi connectivity index (χ0) is 19.4. The Hall–Kier alpha value is -3.21. The summed E-state index contributed by atoms with van der Waals surface area (Å²) < 4.78 is 0. The SMILES string of the molecule is CC(=O)c1cccc(Nc2ccnc(Nc3c(C)cccc3C(C)C)n2)c1. The van der Waals surface area contributed by atoms with E-state index in [0.717, 1.165) is 16.9 Å². The van der Waals surface area contributed by atoms with E-state index in [1.54, 1.807) is 25.3 Å². The van der Waals surface area contributed by atoms with E-state index >= 15 is 0 Å². The first kappa shape index (κ1) is 18.6. The zero-order valence-corrected chi connectivity index (χ0v) is 16.1. The molecule has 138 valence electrons. The summed E-state index contributed by atoms with van der Waals surface area (Å²) in [6.45, 7) is 7.96. The summed E-state index contributed by atoms with van der Waals surface area (Å²) in [7, 11) is 0. The number of nitrogens with zero attached hydrogens (tertiary/aromatic N) is 2. The van der Waals surface area contributed by atoms with Crippen molar-refractivity contribution in [3.8, 4) is 0 Å². The average molecular weight is 360 g/mol. The largest absolute Gasteiger partial charge is 0.340 e. The quantitative estimate of drug-likeness (QED) is 0.560. The van der Waals surface area contributed by atoms with Gasteiger partial charge in [-0.2, -0.15) is 4.98 Å². The minimum atomic E-state index is 0.0319. The summed E-state index contributed by atoms with van der Waals surface area (Å²) in [5.41, 5.74) is 4.90. The highest BCUT2D eigenvalue weighted by atomic mass is 16.1. The van der Waals surface area contributed by atoms with Crippen LogP contribution in [0.3, 0.4) is 0 Å². The summed E-state index contributed by atoms with van der Waals surface area (Å²) in [6.07, 6.45) is 1.71. The summed E-state index contributed by atoms with van der Waals surface area (Å²) in [4.78, 5) is 20.5. The highest BCUT2D eigenvalue weighted by Crippen LogP contribution is 2.29. The highest BCUT2D eigenvalue weighted by molar-refractivity contribution is 5.95. The van der Waals surface area contributed by atoms with Gasteiger partial charge in [0.15, 0.2) is 5.78 Å². The Kier molecular flexibility index (Phi) is 5.50. The second kappa shape index (κ2) is 7.99. The first-order valence-corrected chi connectivity index (χ1v) is 9.01. The lowest BCUT2D eigenvalue weighted by molar-refractivity contribution is 0.101. The molecule has 0 saturated heterocycles. The lowest BCUT2D eigenvalue weighted by Crippen LogP contribution is -2.04. The molecule has 0 atom stereocenters. The van der Waals surface area contributed by atoms with Crippen molar-refractivity contribution in [1.82, 2.24) is 9.97 Å². The van der Waals surface area contributed by atoms with Gasteiger partial charge < -0.3 is 10.6 Å². The molecule has 0 fully saturated rings. The van der Waals surface area contributed by atoms with Crippen molar-refractivity contribution in [3.05, 3.63) is 71.4 Å². The van der Waals surface area contributed by atoms with E-state index in [1.165, 1.54) is 5.56 Å².